The molecule has 0 saturated heterocycles. The molecule has 1 atom stereocenters. The average Bonchev–Trinajstić information content (AvgIpc) is 2.86. The molecule has 0 spiro atoms. The van der Waals surface area contributed by atoms with Crippen LogP contribution in [0.2, 0.25) is 0 Å². The quantitative estimate of drug-likeness (QED) is 0.648. The van der Waals surface area contributed by atoms with Crippen LogP contribution < -0.4 is 10.0 Å². The van der Waals surface area contributed by atoms with Gasteiger partial charge in [0.2, 0.25) is 10.0 Å². The number of nitrogens with zero attached hydrogens (tertiary/aromatic N) is 1. The maximum Gasteiger partial charge on any atom is 0.212 e. The van der Waals surface area contributed by atoms with Crippen molar-refractivity contribution >= 4 is 21.4 Å². The molecule has 1 unspecified atom stereocenters. The molecule has 0 saturated carbocycles. The van der Waals surface area contributed by atoms with Crippen molar-refractivity contribution in [1.29, 1.82) is 0 Å². The predicted molar refractivity (Wildman–Crippen MR) is 84.6 cm³/mol. The molecule has 0 aliphatic carbocycles. The van der Waals surface area contributed by atoms with Gasteiger partial charge in [0.15, 0.2) is 0 Å². The van der Waals surface area contributed by atoms with E-state index < -0.39 is 10.0 Å². The van der Waals surface area contributed by atoms with Crippen LogP contribution in [0.25, 0.3) is 0 Å². The van der Waals surface area contributed by atoms with Crippen LogP contribution in [0.4, 0.5) is 0 Å². The number of thiazole rings is 1. The number of nitrogens with one attached hydrogen (secondary N) is 2. The molecule has 7 heteroatoms. The van der Waals surface area contributed by atoms with Crippen LogP contribution in [0.1, 0.15) is 49.5 Å². The number of sulfonamides is 1. The van der Waals surface area contributed by atoms with Gasteiger partial charge in [-0.1, -0.05) is 13.8 Å². The lowest BCUT2D eigenvalue weighted by Crippen LogP contribution is -2.30. The molecule has 2 N–H and O–H groups in total. The van der Waals surface area contributed by atoms with Gasteiger partial charge in [0.05, 0.1) is 11.8 Å². The summed E-state index contributed by atoms with van der Waals surface area (Å²) in [7, 11) is -3.24. The maximum atomic E-state index is 12.0. The Morgan fingerprint density at radius 3 is 2.70 bits per heavy atom. The molecule has 1 aromatic heterocycles. The Labute approximate surface area is 126 Å². The first-order chi connectivity index (χ1) is 9.48. The second-order valence-corrected chi connectivity index (χ2v) is 7.80. The summed E-state index contributed by atoms with van der Waals surface area (Å²) in [6.07, 6.45) is 4.44. The first kappa shape index (κ1) is 17.6. The first-order valence-electron chi connectivity index (χ1n) is 7.13. The summed E-state index contributed by atoms with van der Waals surface area (Å²) in [6, 6.07) is -0.256. The summed E-state index contributed by atoms with van der Waals surface area (Å²) in [5, 5.41) is 4.03. The number of aryl methyl sites for hydroxylation is 1. The van der Waals surface area contributed by atoms with Crippen molar-refractivity contribution in [2.45, 2.75) is 46.1 Å². The third-order valence-electron chi connectivity index (χ3n) is 2.84. The van der Waals surface area contributed by atoms with Crippen LogP contribution in [0.15, 0.2) is 6.20 Å². The number of hydrogen-bond acceptors (Lipinski definition) is 5. The Hall–Kier alpha value is -0.500. The van der Waals surface area contributed by atoms with E-state index in [1.807, 2.05) is 13.1 Å². The van der Waals surface area contributed by atoms with Crippen molar-refractivity contribution in [3.8, 4) is 0 Å². The molecule has 116 valence electrons. The predicted octanol–water partition coefficient (Wildman–Crippen LogP) is 2.08. The second-order valence-electron chi connectivity index (χ2n) is 4.78. The van der Waals surface area contributed by atoms with E-state index in [1.165, 1.54) is 4.88 Å². The Bertz CT molecular complexity index is 486. The van der Waals surface area contributed by atoms with Gasteiger partial charge in [-0.25, -0.2) is 18.1 Å². The normalized spacial score (nSPS) is 13.6. The fraction of sp³-hybridized carbons (Fsp3) is 0.769. The van der Waals surface area contributed by atoms with E-state index in [0.29, 0.717) is 6.42 Å². The molecule has 0 radical (unpaired) electrons. The molecule has 0 aliphatic heterocycles. The van der Waals surface area contributed by atoms with Gasteiger partial charge in [-0.3, -0.25) is 0 Å². The summed E-state index contributed by atoms with van der Waals surface area (Å²) < 4.78 is 26.6. The molecule has 1 rings (SSSR count). The highest BCUT2D eigenvalue weighted by molar-refractivity contribution is 7.89. The van der Waals surface area contributed by atoms with E-state index >= 15 is 0 Å². The monoisotopic (exact) mass is 319 g/mol. The standard InChI is InChI=1S/C13H25N3O2S2/c1-4-7-14-8-6-9-20(17,18)16-11(3)13-15-10-12(5-2)19-13/h10-11,14,16H,4-9H2,1-3H3. The summed E-state index contributed by atoms with van der Waals surface area (Å²) in [6.45, 7) is 7.66. The van der Waals surface area contributed by atoms with Crippen molar-refractivity contribution < 1.29 is 8.42 Å². The highest BCUT2D eigenvalue weighted by atomic mass is 32.2. The fourth-order valence-corrected chi connectivity index (χ4v) is 3.98. The molecule has 0 bridgehead atoms. The Morgan fingerprint density at radius 2 is 2.10 bits per heavy atom. The van der Waals surface area contributed by atoms with Crippen LogP contribution in [-0.4, -0.2) is 32.2 Å². The molecular formula is C13H25N3O2S2. The lowest BCUT2D eigenvalue weighted by Gasteiger charge is -2.12. The molecule has 0 fully saturated rings. The van der Waals surface area contributed by atoms with Gasteiger partial charge in [0, 0.05) is 11.1 Å². The van der Waals surface area contributed by atoms with Gasteiger partial charge >= 0.3 is 0 Å². The van der Waals surface area contributed by atoms with Crippen LogP contribution in [-0.2, 0) is 16.4 Å². The van der Waals surface area contributed by atoms with Crippen LogP contribution in [0, 0.1) is 0 Å². The highest BCUT2D eigenvalue weighted by Gasteiger charge is 2.17. The zero-order valence-electron chi connectivity index (χ0n) is 12.5. The topological polar surface area (TPSA) is 71.1 Å². The summed E-state index contributed by atoms with van der Waals surface area (Å²) in [4.78, 5) is 5.45. The molecule has 1 aromatic rings. The molecule has 5 nitrogen and oxygen atoms in total. The van der Waals surface area contributed by atoms with Gasteiger partial charge < -0.3 is 5.32 Å². The highest BCUT2D eigenvalue weighted by Crippen LogP contribution is 2.20. The van der Waals surface area contributed by atoms with Gasteiger partial charge in [-0.05, 0) is 39.3 Å². The van der Waals surface area contributed by atoms with Crippen molar-refractivity contribution in [2.24, 2.45) is 0 Å². The number of aromatic nitrogens is 1. The fourth-order valence-electron chi connectivity index (χ4n) is 1.75. The summed E-state index contributed by atoms with van der Waals surface area (Å²) in [5.74, 6) is 0.153. The summed E-state index contributed by atoms with van der Waals surface area (Å²) >= 11 is 1.57. The van der Waals surface area contributed by atoms with Gasteiger partial charge in [-0.15, -0.1) is 11.3 Å². The Balaban J connectivity index is 2.40. The number of rotatable bonds is 10. The average molecular weight is 319 g/mol. The van der Waals surface area contributed by atoms with Crippen molar-refractivity contribution in [3.05, 3.63) is 16.1 Å². The van der Waals surface area contributed by atoms with E-state index in [2.05, 4.69) is 28.9 Å². The van der Waals surface area contributed by atoms with Crippen molar-refractivity contribution in [1.82, 2.24) is 15.0 Å². The minimum atomic E-state index is -3.24. The van der Waals surface area contributed by atoms with E-state index in [1.54, 1.807) is 11.3 Å². The molecular weight excluding hydrogens is 294 g/mol. The zero-order valence-corrected chi connectivity index (χ0v) is 14.1. The third kappa shape index (κ3) is 6.30. The zero-order chi connectivity index (χ0) is 15.0. The Morgan fingerprint density at radius 1 is 1.35 bits per heavy atom. The molecule has 20 heavy (non-hydrogen) atoms. The van der Waals surface area contributed by atoms with Crippen LogP contribution >= 0.6 is 11.3 Å². The van der Waals surface area contributed by atoms with E-state index in [-0.39, 0.29) is 11.8 Å². The third-order valence-corrected chi connectivity index (χ3v) is 5.70. The molecule has 0 aliphatic rings. The van der Waals surface area contributed by atoms with Gasteiger partial charge in [0.1, 0.15) is 5.01 Å². The van der Waals surface area contributed by atoms with Crippen LogP contribution in [0.3, 0.4) is 0 Å². The van der Waals surface area contributed by atoms with E-state index in [9.17, 15) is 8.42 Å². The smallest absolute Gasteiger partial charge is 0.212 e. The summed E-state index contributed by atoms with van der Waals surface area (Å²) in [5.41, 5.74) is 0. The lowest BCUT2D eigenvalue weighted by atomic mass is 10.4. The lowest BCUT2D eigenvalue weighted by molar-refractivity contribution is 0.560. The van der Waals surface area contributed by atoms with Crippen molar-refractivity contribution in [2.75, 3.05) is 18.8 Å². The van der Waals surface area contributed by atoms with E-state index in [0.717, 1.165) is 30.9 Å². The van der Waals surface area contributed by atoms with Crippen LogP contribution in [0.5, 0.6) is 0 Å². The Kier molecular flexibility index (Phi) is 7.65. The van der Waals surface area contributed by atoms with Gasteiger partial charge in [-0.2, -0.15) is 0 Å². The second kappa shape index (κ2) is 8.71. The van der Waals surface area contributed by atoms with Crippen molar-refractivity contribution in [3.63, 3.8) is 0 Å². The largest absolute Gasteiger partial charge is 0.317 e. The SMILES string of the molecule is CCCNCCCS(=O)(=O)NC(C)c1ncc(CC)s1. The minimum absolute atomic E-state index is 0.153. The van der Waals surface area contributed by atoms with Gasteiger partial charge in [0.25, 0.3) is 0 Å². The maximum absolute atomic E-state index is 12.0. The molecule has 0 aromatic carbocycles. The van der Waals surface area contributed by atoms with E-state index in [4.69, 9.17) is 0 Å². The number of hydrogen-bond donors (Lipinski definition) is 2. The first-order valence-corrected chi connectivity index (χ1v) is 9.60. The molecule has 0 amide bonds. The molecule has 1 heterocycles. The minimum Gasteiger partial charge on any atom is -0.317 e.